The fraction of sp³-hybridized carbons (Fsp3) is 0.462. The molecule has 0 unspecified atom stereocenters. The zero-order valence-corrected chi connectivity index (χ0v) is 9.52. The number of carbonyl (C=O) groups is 1. The first kappa shape index (κ1) is 11.1. The van der Waals surface area contributed by atoms with Crippen molar-refractivity contribution in [3.8, 4) is 0 Å². The standard InChI is InChI=1S/C13H17NO2/c1-10(15)9-14-12-7-3-2-5-11(12)6-4-8-13(14)16/h2-3,5,7,10,15H,4,6,8-9H2,1H3/t10-/m1/s1. The molecule has 0 bridgehead atoms. The first-order valence-corrected chi connectivity index (χ1v) is 5.75. The SMILES string of the molecule is C[C@@H](O)CN1C(=O)CCCc2ccccc21. The van der Waals surface area contributed by atoms with Gasteiger partial charge in [-0.3, -0.25) is 4.79 Å². The first-order chi connectivity index (χ1) is 7.68. The topological polar surface area (TPSA) is 40.5 Å². The second-order valence-electron chi connectivity index (χ2n) is 4.34. The number of β-amino-alcohol motifs (C(OH)–C–C–N with tert-alkyl or cyclic N) is 1. The van der Waals surface area contributed by atoms with Gasteiger partial charge >= 0.3 is 0 Å². The number of rotatable bonds is 2. The lowest BCUT2D eigenvalue weighted by atomic mass is 10.1. The fourth-order valence-electron chi connectivity index (χ4n) is 2.15. The monoisotopic (exact) mass is 219 g/mol. The van der Waals surface area contributed by atoms with Crippen molar-refractivity contribution in [3.05, 3.63) is 29.8 Å². The minimum atomic E-state index is -0.491. The maximum Gasteiger partial charge on any atom is 0.227 e. The minimum Gasteiger partial charge on any atom is -0.392 e. The average molecular weight is 219 g/mol. The summed E-state index contributed by atoms with van der Waals surface area (Å²) in [6, 6.07) is 7.95. The molecule has 3 heteroatoms. The Hall–Kier alpha value is -1.35. The minimum absolute atomic E-state index is 0.117. The van der Waals surface area contributed by atoms with Gasteiger partial charge in [-0.25, -0.2) is 0 Å². The number of aliphatic hydroxyl groups is 1. The van der Waals surface area contributed by atoms with E-state index in [-0.39, 0.29) is 5.91 Å². The molecule has 1 atom stereocenters. The molecule has 2 rings (SSSR count). The molecule has 0 saturated heterocycles. The third-order valence-corrected chi connectivity index (χ3v) is 2.87. The number of para-hydroxylation sites is 1. The van der Waals surface area contributed by atoms with Crippen LogP contribution in [-0.2, 0) is 11.2 Å². The summed E-state index contributed by atoms with van der Waals surface area (Å²) in [4.78, 5) is 13.6. The molecule has 1 N–H and O–H groups in total. The molecule has 86 valence electrons. The third-order valence-electron chi connectivity index (χ3n) is 2.87. The molecular formula is C13H17NO2. The molecule has 0 spiro atoms. The van der Waals surface area contributed by atoms with E-state index < -0.39 is 6.10 Å². The van der Waals surface area contributed by atoms with Crippen LogP contribution >= 0.6 is 0 Å². The number of hydrogen-bond acceptors (Lipinski definition) is 2. The lowest BCUT2D eigenvalue weighted by molar-refractivity contribution is -0.118. The molecule has 1 aliphatic heterocycles. The largest absolute Gasteiger partial charge is 0.392 e. The molecule has 1 amide bonds. The van der Waals surface area contributed by atoms with Crippen molar-refractivity contribution in [2.45, 2.75) is 32.3 Å². The van der Waals surface area contributed by atoms with Gasteiger partial charge in [-0.15, -0.1) is 0 Å². The molecule has 1 aromatic carbocycles. The molecule has 0 saturated carbocycles. The predicted octanol–water partition coefficient (Wildman–Crippen LogP) is 1.74. The number of benzene rings is 1. The van der Waals surface area contributed by atoms with Crippen molar-refractivity contribution >= 4 is 11.6 Å². The van der Waals surface area contributed by atoms with Gasteiger partial charge in [0.25, 0.3) is 0 Å². The van der Waals surface area contributed by atoms with Gasteiger partial charge in [0.15, 0.2) is 0 Å². The van der Waals surface area contributed by atoms with E-state index in [9.17, 15) is 9.90 Å². The average Bonchev–Trinajstić information content (AvgIpc) is 2.40. The molecule has 0 radical (unpaired) electrons. The third kappa shape index (κ3) is 2.25. The van der Waals surface area contributed by atoms with Gasteiger partial charge in [-0.05, 0) is 31.4 Å². The Morgan fingerprint density at radius 2 is 2.12 bits per heavy atom. The van der Waals surface area contributed by atoms with E-state index in [2.05, 4.69) is 6.07 Å². The van der Waals surface area contributed by atoms with Crippen LogP contribution < -0.4 is 4.90 Å². The Morgan fingerprint density at radius 1 is 1.38 bits per heavy atom. The van der Waals surface area contributed by atoms with E-state index in [4.69, 9.17) is 0 Å². The number of anilines is 1. The summed E-state index contributed by atoms with van der Waals surface area (Å²) in [5.41, 5.74) is 2.17. The van der Waals surface area contributed by atoms with E-state index in [1.54, 1.807) is 11.8 Å². The number of carbonyl (C=O) groups excluding carboxylic acids is 1. The zero-order valence-electron chi connectivity index (χ0n) is 9.52. The highest BCUT2D eigenvalue weighted by molar-refractivity contribution is 5.94. The number of aliphatic hydroxyl groups excluding tert-OH is 1. The van der Waals surface area contributed by atoms with Gasteiger partial charge in [0, 0.05) is 12.1 Å². The van der Waals surface area contributed by atoms with Crippen LogP contribution in [0.1, 0.15) is 25.3 Å². The van der Waals surface area contributed by atoms with Crippen molar-refractivity contribution in [1.82, 2.24) is 0 Å². The Balaban J connectivity index is 2.36. The van der Waals surface area contributed by atoms with Crippen molar-refractivity contribution in [3.63, 3.8) is 0 Å². The number of amides is 1. The second-order valence-corrected chi connectivity index (χ2v) is 4.34. The van der Waals surface area contributed by atoms with Crippen LogP contribution in [0.2, 0.25) is 0 Å². The molecule has 3 nitrogen and oxygen atoms in total. The number of hydrogen-bond donors (Lipinski definition) is 1. The highest BCUT2D eigenvalue weighted by Crippen LogP contribution is 2.26. The molecule has 1 aliphatic rings. The molecule has 1 aromatic rings. The summed E-state index contributed by atoms with van der Waals surface area (Å²) in [6.45, 7) is 2.09. The van der Waals surface area contributed by atoms with E-state index in [0.29, 0.717) is 13.0 Å². The van der Waals surface area contributed by atoms with Gasteiger partial charge in [0.05, 0.1) is 12.6 Å². The summed E-state index contributed by atoms with van der Waals surface area (Å²) < 4.78 is 0. The second kappa shape index (κ2) is 4.66. The number of nitrogens with zero attached hydrogens (tertiary/aromatic N) is 1. The van der Waals surface area contributed by atoms with Gasteiger partial charge in [-0.2, -0.15) is 0 Å². The van der Waals surface area contributed by atoms with Gasteiger partial charge in [0.1, 0.15) is 0 Å². The Kier molecular flexibility index (Phi) is 3.25. The van der Waals surface area contributed by atoms with Crippen LogP contribution in [0.5, 0.6) is 0 Å². The molecular weight excluding hydrogens is 202 g/mol. The summed E-state index contributed by atoms with van der Waals surface area (Å²) >= 11 is 0. The molecule has 0 aliphatic carbocycles. The predicted molar refractivity (Wildman–Crippen MR) is 63.4 cm³/mol. The smallest absolute Gasteiger partial charge is 0.227 e. The van der Waals surface area contributed by atoms with Crippen molar-refractivity contribution in [2.75, 3.05) is 11.4 Å². The van der Waals surface area contributed by atoms with Crippen molar-refractivity contribution in [2.24, 2.45) is 0 Å². The van der Waals surface area contributed by atoms with Crippen LogP contribution in [0, 0.1) is 0 Å². The number of fused-ring (bicyclic) bond motifs is 1. The van der Waals surface area contributed by atoms with Crippen molar-refractivity contribution < 1.29 is 9.90 Å². The quantitative estimate of drug-likeness (QED) is 0.823. The zero-order chi connectivity index (χ0) is 11.5. The fourth-order valence-corrected chi connectivity index (χ4v) is 2.15. The first-order valence-electron chi connectivity index (χ1n) is 5.75. The maximum atomic E-state index is 11.9. The molecule has 1 heterocycles. The molecule has 16 heavy (non-hydrogen) atoms. The Morgan fingerprint density at radius 3 is 2.88 bits per heavy atom. The van der Waals surface area contributed by atoms with Crippen LogP contribution in [0.15, 0.2) is 24.3 Å². The highest BCUT2D eigenvalue weighted by atomic mass is 16.3. The molecule has 0 aromatic heterocycles. The van der Waals surface area contributed by atoms with Crippen LogP contribution in [0.4, 0.5) is 5.69 Å². The highest BCUT2D eigenvalue weighted by Gasteiger charge is 2.22. The summed E-state index contributed by atoms with van der Waals surface area (Å²) in [5.74, 6) is 0.117. The summed E-state index contributed by atoms with van der Waals surface area (Å²) in [5, 5.41) is 9.45. The van der Waals surface area contributed by atoms with E-state index >= 15 is 0 Å². The summed E-state index contributed by atoms with van der Waals surface area (Å²) in [6.07, 6.45) is 1.92. The van der Waals surface area contributed by atoms with Crippen molar-refractivity contribution in [1.29, 1.82) is 0 Å². The van der Waals surface area contributed by atoms with Crippen LogP contribution in [0.25, 0.3) is 0 Å². The molecule has 0 fully saturated rings. The lowest BCUT2D eigenvalue weighted by Crippen LogP contribution is -2.36. The number of aryl methyl sites for hydroxylation is 1. The van der Waals surface area contributed by atoms with Crippen LogP contribution in [0.3, 0.4) is 0 Å². The van der Waals surface area contributed by atoms with Gasteiger partial charge < -0.3 is 10.0 Å². The lowest BCUT2D eigenvalue weighted by Gasteiger charge is -2.24. The Labute approximate surface area is 95.7 Å². The Bertz CT molecular complexity index is 387. The van der Waals surface area contributed by atoms with E-state index in [1.807, 2.05) is 18.2 Å². The van der Waals surface area contributed by atoms with E-state index in [1.165, 1.54) is 5.56 Å². The van der Waals surface area contributed by atoms with Crippen LogP contribution in [-0.4, -0.2) is 23.7 Å². The van der Waals surface area contributed by atoms with Gasteiger partial charge in [-0.1, -0.05) is 18.2 Å². The van der Waals surface area contributed by atoms with Gasteiger partial charge in [0.2, 0.25) is 5.91 Å². The normalized spacial score (nSPS) is 17.9. The maximum absolute atomic E-state index is 11.9. The van der Waals surface area contributed by atoms with E-state index in [0.717, 1.165) is 18.5 Å². The summed E-state index contributed by atoms with van der Waals surface area (Å²) in [7, 11) is 0.